The van der Waals surface area contributed by atoms with Gasteiger partial charge in [0.2, 0.25) is 0 Å². The molecule has 26 heavy (non-hydrogen) atoms. The first-order valence-corrected chi connectivity index (χ1v) is 11.3. The fourth-order valence-electron chi connectivity index (χ4n) is 2.02. The van der Waals surface area contributed by atoms with Crippen molar-refractivity contribution < 1.29 is 17.9 Å². The van der Waals surface area contributed by atoms with Gasteiger partial charge in [-0.1, -0.05) is 51.9 Å². The molecule has 0 amide bonds. The van der Waals surface area contributed by atoms with Crippen molar-refractivity contribution in [1.82, 2.24) is 0 Å². The van der Waals surface area contributed by atoms with Gasteiger partial charge in [-0.3, -0.25) is 0 Å². The zero-order valence-corrected chi connectivity index (χ0v) is 16.6. The highest BCUT2D eigenvalue weighted by Gasteiger charge is 2.29. The van der Waals surface area contributed by atoms with E-state index in [1.807, 2.05) is 23.6 Å². The molecule has 0 fully saturated rings. The van der Waals surface area contributed by atoms with Gasteiger partial charge in [0.1, 0.15) is 5.75 Å². The van der Waals surface area contributed by atoms with Crippen molar-refractivity contribution in [3.8, 4) is 5.75 Å². The minimum Gasteiger partial charge on any atom is -0.497 e. The van der Waals surface area contributed by atoms with Crippen LogP contribution in [0.15, 0.2) is 60.0 Å². The number of benzene rings is 2. The zero-order chi connectivity index (χ0) is 18.8. The van der Waals surface area contributed by atoms with Crippen LogP contribution in [-0.4, -0.2) is 12.9 Å². The SMILES string of the molecule is COc1cccc(CSSC=CCSCc2ccc(C(F)(F)F)cc2)c1. The van der Waals surface area contributed by atoms with E-state index in [9.17, 15) is 13.2 Å². The number of methoxy groups -OCH3 is 1. The molecule has 2 rings (SSSR count). The summed E-state index contributed by atoms with van der Waals surface area (Å²) in [6.45, 7) is 0. The van der Waals surface area contributed by atoms with Crippen molar-refractivity contribution in [2.75, 3.05) is 12.9 Å². The van der Waals surface area contributed by atoms with Crippen LogP contribution in [-0.2, 0) is 17.7 Å². The summed E-state index contributed by atoms with van der Waals surface area (Å²) in [4.78, 5) is 0. The summed E-state index contributed by atoms with van der Waals surface area (Å²) in [7, 11) is 5.07. The molecule has 2 aromatic rings. The lowest BCUT2D eigenvalue weighted by molar-refractivity contribution is -0.137. The van der Waals surface area contributed by atoms with Gasteiger partial charge in [0, 0.05) is 17.3 Å². The van der Waals surface area contributed by atoms with E-state index in [0.29, 0.717) is 5.75 Å². The molecule has 0 aromatic heterocycles. The van der Waals surface area contributed by atoms with Crippen LogP contribution in [0.2, 0.25) is 0 Å². The molecule has 0 heterocycles. The Morgan fingerprint density at radius 1 is 1.00 bits per heavy atom. The number of hydrogen-bond donors (Lipinski definition) is 0. The summed E-state index contributed by atoms with van der Waals surface area (Å²) in [5.74, 6) is 3.28. The smallest absolute Gasteiger partial charge is 0.416 e. The summed E-state index contributed by atoms with van der Waals surface area (Å²) in [6.07, 6.45) is -2.20. The second kappa shape index (κ2) is 10.8. The number of halogens is 3. The van der Waals surface area contributed by atoms with E-state index in [1.165, 1.54) is 17.7 Å². The molecule has 0 unspecified atom stereocenters. The third-order valence-corrected chi connectivity index (χ3v) is 6.30. The van der Waals surface area contributed by atoms with Gasteiger partial charge in [-0.05, 0) is 40.8 Å². The number of alkyl halides is 3. The minimum atomic E-state index is -4.27. The third-order valence-electron chi connectivity index (χ3n) is 3.34. The second-order valence-corrected chi connectivity index (χ2v) is 8.60. The van der Waals surface area contributed by atoms with E-state index < -0.39 is 11.7 Å². The molecule has 0 atom stereocenters. The Hall–Kier alpha value is -1.18. The monoisotopic (exact) mass is 416 g/mol. The maximum atomic E-state index is 12.5. The molecule has 0 N–H and O–H groups in total. The number of thioether (sulfide) groups is 1. The first-order valence-electron chi connectivity index (χ1n) is 7.79. The predicted octanol–water partition coefficient (Wildman–Crippen LogP) is 7.04. The van der Waals surface area contributed by atoms with Gasteiger partial charge >= 0.3 is 6.18 Å². The number of rotatable bonds is 9. The normalized spacial score (nSPS) is 11.8. The van der Waals surface area contributed by atoms with Crippen LogP contribution < -0.4 is 4.74 Å². The summed E-state index contributed by atoms with van der Waals surface area (Å²) in [6, 6.07) is 13.4. The van der Waals surface area contributed by atoms with Crippen LogP contribution in [0, 0.1) is 0 Å². The Balaban J connectivity index is 1.61. The Kier molecular flexibility index (Phi) is 8.81. The van der Waals surface area contributed by atoms with Gasteiger partial charge < -0.3 is 4.74 Å². The van der Waals surface area contributed by atoms with Gasteiger partial charge in [-0.25, -0.2) is 0 Å². The Morgan fingerprint density at radius 3 is 2.46 bits per heavy atom. The van der Waals surface area contributed by atoms with Crippen molar-refractivity contribution in [3.63, 3.8) is 0 Å². The van der Waals surface area contributed by atoms with Gasteiger partial charge in [0.05, 0.1) is 12.7 Å². The highest BCUT2D eigenvalue weighted by molar-refractivity contribution is 8.77. The van der Waals surface area contributed by atoms with Gasteiger partial charge in [0.25, 0.3) is 0 Å². The molecule has 7 heteroatoms. The molecule has 0 spiro atoms. The largest absolute Gasteiger partial charge is 0.497 e. The fraction of sp³-hybridized carbons (Fsp3) is 0.263. The first-order chi connectivity index (χ1) is 12.5. The Bertz CT molecular complexity index is 700. The van der Waals surface area contributed by atoms with E-state index in [2.05, 4.69) is 12.1 Å². The quantitative estimate of drug-likeness (QED) is 0.320. The second-order valence-electron chi connectivity index (χ2n) is 5.29. The predicted molar refractivity (Wildman–Crippen MR) is 109 cm³/mol. The summed E-state index contributed by atoms with van der Waals surface area (Å²) < 4.78 is 42.7. The molecule has 0 aliphatic heterocycles. The highest BCUT2D eigenvalue weighted by Crippen LogP contribution is 2.30. The molecule has 0 aliphatic carbocycles. The lowest BCUT2D eigenvalue weighted by Gasteiger charge is -2.07. The Morgan fingerprint density at radius 2 is 1.77 bits per heavy atom. The van der Waals surface area contributed by atoms with E-state index >= 15 is 0 Å². The van der Waals surface area contributed by atoms with E-state index in [0.717, 1.165) is 35.0 Å². The van der Waals surface area contributed by atoms with Gasteiger partial charge in [0.15, 0.2) is 0 Å². The first kappa shape index (κ1) is 21.1. The summed E-state index contributed by atoms with van der Waals surface area (Å²) in [5, 5.41) is 2.05. The standard InChI is InChI=1S/C19H19F3OS3/c1-23-18-5-2-4-16(12-18)14-26-25-11-3-10-24-13-15-6-8-17(9-7-15)19(20,21)22/h2-9,11-12H,10,13-14H2,1H3. The summed E-state index contributed by atoms with van der Waals surface area (Å²) >= 11 is 1.67. The van der Waals surface area contributed by atoms with Crippen molar-refractivity contribution in [2.45, 2.75) is 17.7 Å². The van der Waals surface area contributed by atoms with Crippen LogP contribution in [0.25, 0.3) is 0 Å². The van der Waals surface area contributed by atoms with Crippen LogP contribution in [0.5, 0.6) is 5.75 Å². The van der Waals surface area contributed by atoms with Crippen LogP contribution >= 0.6 is 33.3 Å². The highest BCUT2D eigenvalue weighted by atomic mass is 33.1. The molecule has 0 saturated heterocycles. The third kappa shape index (κ3) is 7.60. The van der Waals surface area contributed by atoms with Crippen molar-refractivity contribution in [1.29, 1.82) is 0 Å². The van der Waals surface area contributed by atoms with E-state index in [1.54, 1.807) is 40.5 Å². The van der Waals surface area contributed by atoms with E-state index in [-0.39, 0.29) is 0 Å². The number of ether oxygens (including phenoxy) is 1. The molecule has 0 saturated carbocycles. The maximum Gasteiger partial charge on any atom is 0.416 e. The summed E-state index contributed by atoms with van der Waals surface area (Å²) in [5.41, 5.74) is 1.51. The fourth-order valence-corrected chi connectivity index (χ4v) is 4.64. The molecule has 140 valence electrons. The van der Waals surface area contributed by atoms with Crippen molar-refractivity contribution in [2.24, 2.45) is 0 Å². The molecule has 0 radical (unpaired) electrons. The Labute approximate surface area is 164 Å². The van der Waals surface area contributed by atoms with E-state index in [4.69, 9.17) is 4.74 Å². The maximum absolute atomic E-state index is 12.5. The van der Waals surface area contributed by atoms with Gasteiger partial charge in [-0.15, -0.1) is 0 Å². The molecule has 0 bridgehead atoms. The molecule has 2 aromatic carbocycles. The van der Waals surface area contributed by atoms with Crippen molar-refractivity contribution in [3.05, 3.63) is 76.7 Å². The molecule has 0 aliphatic rings. The average Bonchev–Trinajstić information content (AvgIpc) is 2.63. The van der Waals surface area contributed by atoms with Gasteiger partial charge in [-0.2, -0.15) is 24.9 Å². The van der Waals surface area contributed by atoms with Crippen LogP contribution in [0.1, 0.15) is 16.7 Å². The lowest BCUT2D eigenvalue weighted by Crippen LogP contribution is -2.04. The number of hydrogen-bond acceptors (Lipinski definition) is 4. The molecular weight excluding hydrogens is 397 g/mol. The molecule has 1 nitrogen and oxygen atoms in total. The van der Waals surface area contributed by atoms with Crippen molar-refractivity contribution >= 4 is 33.3 Å². The minimum absolute atomic E-state index is 0.601. The lowest BCUT2D eigenvalue weighted by atomic mass is 10.1. The van der Waals surface area contributed by atoms with Crippen LogP contribution in [0.4, 0.5) is 13.2 Å². The average molecular weight is 417 g/mol. The molecular formula is C19H19F3OS3. The topological polar surface area (TPSA) is 9.23 Å². The van der Waals surface area contributed by atoms with Crippen LogP contribution in [0.3, 0.4) is 0 Å². The zero-order valence-electron chi connectivity index (χ0n) is 14.2.